The van der Waals surface area contributed by atoms with E-state index in [-0.39, 0.29) is 0 Å². The fourth-order valence-corrected chi connectivity index (χ4v) is 4.02. The third-order valence-corrected chi connectivity index (χ3v) is 5.74. The molecule has 0 aliphatic carbocycles. The molecule has 0 unspecified atom stereocenters. The summed E-state index contributed by atoms with van der Waals surface area (Å²) in [4.78, 5) is 4.83. The Morgan fingerprint density at radius 3 is 2.27 bits per heavy atom. The fraction of sp³-hybridized carbons (Fsp3) is 0.231. The minimum atomic E-state index is 0.546. The van der Waals surface area contributed by atoms with E-state index in [0.29, 0.717) is 6.61 Å². The van der Waals surface area contributed by atoms with Crippen LogP contribution in [0.1, 0.15) is 5.56 Å². The van der Waals surface area contributed by atoms with Crippen LogP contribution in [-0.2, 0) is 6.61 Å². The molecule has 2 heterocycles. The van der Waals surface area contributed by atoms with E-state index in [4.69, 9.17) is 9.15 Å². The molecular weight excluding hydrogens is 372 g/mol. The van der Waals surface area contributed by atoms with Crippen molar-refractivity contribution < 1.29 is 9.15 Å². The Morgan fingerprint density at radius 2 is 1.53 bits per heavy atom. The summed E-state index contributed by atoms with van der Waals surface area (Å²) < 4.78 is 12.5. The zero-order valence-electron chi connectivity index (χ0n) is 17.3. The van der Waals surface area contributed by atoms with Crippen molar-refractivity contribution in [1.29, 1.82) is 0 Å². The first-order chi connectivity index (χ1) is 14.8. The minimum absolute atomic E-state index is 0.546. The molecule has 5 rings (SSSR count). The molecule has 0 saturated carbocycles. The molecule has 1 saturated heterocycles. The monoisotopic (exact) mass is 398 g/mol. The van der Waals surface area contributed by atoms with Crippen molar-refractivity contribution in [3.63, 3.8) is 0 Å². The Morgan fingerprint density at radius 1 is 0.833 bits per heavy atom. The van der Waals surface area contributed by atoms with Crippen molar-refractivity contribution in [2.24, 2.45) is 0 Å². The molecule has 3 aromatic carbocycles. The highest BCUT2D eigenvalue weighted by Crippen LogP contribution is 2.42. The van der Waals surface area contributed by atoms with E-state index >= 15 is 0 Å². The molecule has 4 nitrogen and oxygen atoms in total. The molecule has 1 aliphatic heterocycles. The van der Waals surface area contributed by atoms with E-state index in [1.807, 2.05) is 30.3 Å². The second-order valence-corrected chi connectivity index (χ2v) is 7.87. The molecule has 0 N–H and O–H groups in total. The summed E-state index contributed by atoms with van der Waals surface area (Å²) in [5, 5.41) is 1.14. The van der Waals surface area contributed by atoms with Gasteiger partial charge >= 0.3 is 0 Å². The predicted molar refractivity (Wildman–Crippen MR) is 122 cm³/mol. The van der Waals surface area contributed by atoms with Crippen molar-refractivity contribution >= 4 is 16.7 Å². The lowest BCUT2D eigenvalue weighted by atomic mass is 10.1. The van der Waals surface area contributed by atoms with Gasteiger partial charge < -0.3 is 19.0 Å². The van der Waals surface area contributed by atoms with Gasteiger partial charge in [0, 0.05) is 43.2 Å². The molecule has 1 fully saturated rings. The number of rotatable bonds is 5. The van der Waals surface area contributed by atoms with Crippen LogP contribution in [0.15, 0.2) is 83.3 Å². The van der Waals surface area contributed by atoms with Crippen molar-refractivity contribution in [1.82, 2.24) is 4.90 Å². The summed E-state index contributed by atoms with van der Waals surface area (Å²) in [7, 11) is 2.18. The minimum Gasteiger partial charge on any atom is -0.489 e. The Labute approximate surface area is 177 Å². The number of piperazine rings is 1. The van der Waals surface area contributed by atoms with E-state index < -0.39 is 0 Å². The van der Waals surface area contributed by atoms with E-state index in [0.717, 1.165) is 59.8 Å². The molecule has 4 heteroatoms. The first-order valence-corrected chi connectivity index (χ1v) is 10.5. The summed E-state index contributed by atoms with van der Waals surface area (Å²) >= 11 is 0. The molecule has 0 radical (unpaired) electrons. The van der Waals surface area contributed by atoms with Gasteiger partial charge in [0.05, 0.1) is 5.69 Å². The molecule has 1 aromatic heterocycles. The van der Waals surface area contributed by atoms with Gasteiger partial charge in [0.25, 0.3) is 0 Å². The van der Waals surface area contributed by atoms with Crippen LogP contribution in [0.25, 0.3) is 22.3 Å². The number of furan rings is 1. The van der Waals surface area contributed by atoms with Crippen molar-refractivity contribution in [2.75, 3.05) is 38.1 Å². The number of hydrogen-bond acceptors (Lipinski definition) is 4. The molecule has 152 valence electrons. The van der Waals surface area contributed by atoms with Gasteiger partial charge in [0.2, 0.25) is 0 Å². The Balaban J connectivity index is 1.51. The number of benzene rings is 3. The highest BCUT2D eigenvalue weighted by molar-refractivity contribution is 6.00. The molecule has 0 spiro atoms. The smallest absolute Gasteiger partial charge is 0.158 e. The highest BCUT2D eigenvalue weighted by atomic mass is 16.5. The summed E-state index contributed by atoms with van der Waals surface area (Å²) in [5.74, 6) is 1.76. The second kappa shape index (κ2) is 8.25. The van der Waals surface area contributed by atoms with Gasteiger partial charge in [-0.2, -0.15) is 0 Å². The van der Waals surface area contributed by atoms with Crippen LogP contribution in [0.4, 0.5) is 5.69 Å². The van der Waals surface area contributed by atoms with Crippen molar-refractivity contribution in [3.8, 4) is 17.1 Å². The van der Waals surface area contributed by atoms with Crippen LogP contribution in [0.3, 0.4) is 0 Å². The number of fused-ring (bicyclic) bond motifs is 1. The van der Waals surface area contributed by atoms with Crippen LogP contribution in [0.5, 0.6) is 5.75 Å². The third-order valence-electron chi connectivity index (χ3n) is 5.74. The lowest BCUT2D eigenvalue weighted by Gasteiger charge is -2.34. The summed E-state index contributed by atoms with van der Waals surface area (Å²) in [6.45, 7) is 4.65. The maximum absolute atomic E-state index is 6.42. The standard InChI is InChI=1S/C26H26N2O2/c1-27-14-16-28(17-15-27)25-23-13-12-22(29-19-20-8-4-2-5-9-20)18-24(23)30-26(25)21-10-6-3-7-11-21/h2-13,18H,14-17,19H2,1H3. The van der Waals surface area contributed by atoms with Gasteiger partial charge in [-0.25, -0.2) is 0 Å². The van der Waals surface area contributed by atoms with Crippen LogP contribution < -0.4 is 9.64 Å². The molecular formula is C26H26N2O2. The number of anilines is 1. The van der Waals surface area contributed by atoms with E-state index in [9.17, 15) is 0 Å². The van der Waals surface area contributed by atoms with Crippen LogP contribution in [0, 0.1) is 0 Å². The maximum atomic E-state index is 6.42. The highest BCUT2D eigenvalue weighted by Gasteiger charge is 2.24. The number of likely N-dealkylation sites (N-methyl/N-ethyl adjacent to an activating group) is 1. The number of hydrogen-bond donors (Lipinski definition) is 0. The Kier molecular flexibility index (Phi) is 5.16. The van der Waals surface area contributed by atoms with E-state index in [1.54, 1.807) is 0 Å². The lowest BCUT2D eigenvalue weighted by molar-refractivity contribution is 0.306. The molecule has 1 aliphatic rings. The summed E-state index contributed by atoms with van der Waals surface area (Å²) in [5.41, 5.74) is 4.32. The average Bonchev–Trinajstić information content (AvgIpc) is 3.18. The van der Waals surface area contributed by atoms with Crippen molar-refractivity contribution in [3.05, 3.63) is 84.4 Å². The number of nitrogens with zero attached hydrogens (tertiary/aromatic N) is 2. The average molecular weight is 399 g/mol. The van der Waals surface area contributed by atoms with Gasteiger partial charge in [-0.1, -0.05) is 60.7 Å². The van der Waals surface area contributed by atoms with E-state index in [1.165, 1.54) is 5.69 Å². The summed E-state index contributed by atoms with van der Waals surface area (Å²) in [6, 6.07) is 26.8. The van der Waals surface area contributed by atoms with E-state index in [2.05, 4.69) is 65.4 Å². The third kappa shape index (κ3) is 3.79. The molecule has 30 heavy (non-hydrogen) atoms. The maximum Gasteiger partial charge on any atom is 0.158 e. The molecule has 0 amide bonds. The zero-order valence-corrected chi connectivity index (χ0v) is 17.3. The van der Waals surface area contributed by atoms with Gasteiger partial charge in [0.1, 0.15) is 17.9 Å². The molecule has 4 aromatic rings. The largest absolute Gasteiger partial charge is 0.489 e. The molecule has 0 bridgehead atoms. The topological polar surface area (TPSA) is 28.9 Å². The van der Waals surface area contributed by atoms with Gasteiger partial charge in [0.15, 0.2) is 5.76 Å². The zero-order chi connectivity index (χ0) is 20.3. The Hall–Kier alpha value is -3.24. The Bertz CT molecular complexity index is 1110. The van der Waals surface area contributed by atoms with Gasteiger partial charge in [-0.3, -0.25) is 0 Å². The van der Waals surface area contributed by atoms with Crippen LogP contribution in [-0.4, -0.2) is 38.1 Å². The normalized spacial score (nSPS) is 14.9. The molecule has 0 atom stereocenters. The first-order valence-electron chi connectivity index (χ1n) is 10.5. The first kappa shape index (κ1) is 18.8. The van der Waals surface area contributed by atoms with Crippen LogP contribution >= 0.6 is 0 Å². The van der Waals surface area contributed by atoms with Gasteiger partial charge in [-0.05, 0) is 24.7 Å². The quantitative estimate of drug-likeness (QED) is 0.448. The number of ether oxygens (including phenoxy) is 1. The second-order valence-electron chi connectivity index (χ2n) is 7.87. The fourth-order valence-electron chi connectivity index (χ4n) is 4.02. The predicted octanol–water partition coefficient (Wildman–Crippen LogP) is 5.43. The van der Waals surface area contributed by atoms with Crippen molar-refractivity contribution in [2.45, 2.75) is 6.61 Å². The van der Waals surface area contributed by atoms with Crippen LogP contribution in [0.2, 0.25) is 0 Å². The summed E-state index contributed by atoms with van der Waals surface area (Å²) in [6.07, 6.45) is 0. The lowest BCUT2D eigenvalue weighted by Crippen LogP contribution is -2.44. The van der Waals surface area contributed by atoms with Gasteiger partial charge in [-0.15, -0.1) is 0 Å². The SMILES string of the molecule is CN1CCN(c2c(-c3ccccc3)oc3cc(OCc4ccccc4)ccc23)CC1.